The van der Waals surface area contributed by atoms with Gasteiger partial charge < -0.3 is 14.5 Å². The maximum Gasteiger partial charge on any atom is 0.223 e. The van der Waals surface area contributed by atoms with Gasteiger partial charge in [0.1, 0.15) is 17.4 Å². The van der Waals surface area contributed by atoms with Crippen LogP contribution in [0.25, 0.3) is 11.3 Å². The smallest absolute Gasteiger partial charge is 0.223 e. The van der Waals surface area contributed by atoms with Crippen molar-refractivity contribution in [2.75, 3.05) is 38.2 Å². The molecule has 1 amide bonds. The highest BCUT2D eigenvalue weighted by Gasteiger charge is 2.23. The third-order valence-corrected chi connectivity index (χ3v) is 6.07. The van der Waals surface area contributed by atoms with Gasteiger partial charge in [-0.2, -0.15) is 0 Å². The van der Waals surface area contributed by atoms with Gasteiger partial charge in [-0.3, -0.25) is 9.59 Å². The van der Waals surface area contributed by atoms with Crippen molar-refractivity contribution in [2.24, 2.45) is 0 Å². The Labute approximate surface area is 200 Å². The van der Waals surface area contributed by atoms with Crippen LogP contribution in [0.3, 0.4) is 0 Å². The molecule has 0 atom stereocenters. The van der Waals surface area contributed by atoms with Crippen molar-refractivity contribution in [1.82, 2.24) is 14.9 Å². The van der Waals surface area contributed by atoms with Crippen LogP contribution >= 0.6 is 0 Å². The molecule has 1 aromatic heterocycles. The lowest BCUT2D eigenvalue weighted by Crippen LogP contribution is -2.49. The Morgan fingerprint density at radius 1 is 0.912 bits per heavy atom. The van der Waals surface area contributed by atoms with Crippen molar-refractivity contribution in [1.29, 1.82) is 0 Å². The molecule has 2 heterocycles. The summed E-state index contributed by atoms with van der Waals surface area (Å²) < 4.78 is 5.31. The molecule has 0 saturated carbocycles. The molecule has 0 N–H and O–H groups in total. The number of aryl methyl sites for hydroxylation is 2. The number of benzene rings is 2. The molecule has 3 aromatic rings. The molecule has 0 spiro atoms. The number of piperazine rings is 1. The number of ketones is 1. The molecule has 0 unspecified atom stereocenters. The van der Waals surface area contributed by atoms with E-state index in [4.69, 9.17) is 4.74 Å². The zero-order chi connectivity index (χ0) is 24.1. The first-order valence-electron chi connectivity index (χ1n) is 11.6. The number of ether oxygens (including phenoxy) is 1. The standard InChI is InChI=1S/C27H30N4O3/c1-19-9-11-25(34-3)22(17-19)24(32)10-12-27(33)31-15-13-30(14-16-31)26-18-23(28-20(2)29-26)21-7-5-4-6-8-21/h4-9,11,17-18H,10,12-16H2,1-3H3. The molecule has 176 valence electrons. The van der Waals surface area contributed by atoms with Gasteiger partial charge in [-0.05, 0) is 26.0 Å². The molecule has 0 aliphatic carbocycles. The number of aromatic nitrogens is 2. The number of rotatable bonds is 7. The number of anilines is 1. The number of Topliss-reactive ketones (excluding diaryl/α,β-unsaturated/α-hetero) is 1. The summed E-state index contributed by atoms with van der Waals surface area (Å²) in [5.41, 5.74) is 3.47. The van der Waals surface area contributed by atoms with Gasteiger partial charge in [-0.15, -0.1) is 0 Å². The average Bonchev–Trinajstić information content (AvgIpc) is 2.87. The molecule has 1 saturated heterocycles. The quantitative estimate of drug-likeness (QED) is 0.497. The summed E-state index contributed by atoms with van der Waals surface area (Å²) in [5.74, 6) is 2.08. The highest BCUT2D eigenvalue weighted by atomic mass is 16.5. The lowest BCUT2D eigenvalue weighted by molar-refractivity contribution is -0.131. The van der Waals surface area contributed by atoms with Crippen LogP contribution < -0.4 is 9.64 Å². The van der Waals surface area contributed by atoms with E-state index in [-0.39, 0.29) is 24.5 Å². The van der Waals surface area contributed by atoms with E-state index in [0.29, 0.717) is 37.5 Å². The summed E-state index contributed by atoms with van der Waals surface area (Å²) in [6.45, 7) is 6.42. The van der Waals surface area contributed by atoms with E-state index in [1.54, 1.807) is 13.2 Å². The van der Waals surface area contributed by atoms with Gasteiger partial charge in [0.2, 0.25) is 5.91 Å². The predicted molar refractivity (Wildman–Crippen MR) is 132 cm³/mol. The molecule has 1 fully saturated rings. The number of nitrogens with zero attached hydrogens (tertiary/aromatic N) is 4. The van der Waals surface area contributed by atoms with Gasteiger partial charge >= 0.3 is 0 Å². The van der Waals surface area contributed by atoms with Crippen molar-refractivity contribution >= 4 is 17.5 Å². The molecular weight excluding hydrogens is 428 g/mol. The molecule has 34 heavy (non-hydrogen) atoms. The first kappa shape index (κ1) is 23.4. The maximum atomic E-state index is 12.8. The van der Waals surface area contributed by atoms with E-state index in [2.05, 4.69) is 14.9 Å². The fourth-order valence-electron chi connectivity index (χ4n) is 4.21. The van der Waals surface area contributed by atoms with Gasteiger partial charge in [0.05, 0.1) is 18.4 Å². The largest absolute Gasteiger partial charge is 0.496 e. The number of methoxy groups -OCH3 is 1. The van der Waals surface area contributed by atoms with Gasteiger partial charge in [-0.1, -0.05) is 42.0 Å². The van der Waals surface area contributed by atoms with Gasteiger partial charge in [0.25, 0.3) is 0 Å². The fraction of sp³-hybridized carbons (Fsp3) is 0.333. The van der Waals surface area contributed by atoms with Crippen LogP contribution in [0.5, 0.6) is 5.75 Å². The minimum atomic E-state index is -0.0718. The van der Waals surface area contributed by atoms with Crippen LogP contribution in [0, 0.1) is 13.8 Å². The fourth-order valence-corrected chi connectivity index (χ4v) is 4.21. The van der Waals surface area contributed by atoms with Crippen molar-refractivity contribution < 1.29 is 14.3 Å². The Kier molecular flexibility index (Phi) is 7.21. The molecule has 0 bridgehead atoms. The van der Waals surface area contributed by atoms with Crippen LogP contribution in [-0.4, -0.2) is 59.8 Å². The van der Waals surface area contributed by atoms with Crippen LogP contribution in [-0.2, 0) is 4.79 Å². The van der Waals surface area contributed by atoms with Crippen LogP contribution in [0.4, 0.5) is 5.82 Å². The van der Waals surface area contributed by atoms with Crippen molar-refractivity contribution in [3.8, 4) is 17.0 Å². The minimum absolute atomic E-state index is 0.00321. The van der Waals surface area contributed by atoms with Crippen molar-refractivity contribution in [3.63, 3.8) is 0 Å². The summed E-state index contributed by atoms with van der Waals surface area (Å²) in [4.78, 5) is 38.7. The first-order valence-corrected chi connectivity index (χ1v) is 11.6. The van der Waals surface area contributed by atoms with Crippen molar-refractivity contribution in [3.05, 3.63) is 71.5 Å². The van der Waals surface area contributed by atoms with E-state index < -0.39 is 0 Å². The van der Waals surface area contributed by atoms with E-state index >= 15 is 0 Å². The second kappa shape index (κ2) is 10.5. The topological polar surface area (TPSA) is 75.6 Å². The third kappa shape index (κ3) is 5.42. The van der Waals surface area contributed by atoms with E-state index in [1.807, 2.05) is 67.3 Å². The highest BCUT2D eigenvalue weighted by Crippen LogP contribution is 2.24. The van der Waals surface area contributed by atoms with Gasteiger partial charge in [-0.25, -0.2) is 9.97 Å². The molecule has 1 aliphatic rings. The molecule has 1 aliphatic heterocycles. The average molecular weight is 459 g/mol. The molecule has 0 radical (unpaired) electrons. The summed E-state index contributed by atoms with van der Waals surface area (Å²) in [6, 6.07) is 17.6. The Morgan fingerprint density at radius 3 is 2.35 bits per heavy atom. The Hall–Kier alpha value is -3.74. The van der Waals surface area contributed by atoms with E-state index in [0.717, 1.165) is 28.5 Å². The number of carbonyl (C=O) groups excluding carboxylic acids is 2. The van der Waals surface area contributed by atoms with Crippen molar-refractivity contribution in [2.45, 2.75) is 26.7 Å². The number of carbonyl (C=O) groups is 2. The lowest BCUT2D eigenvalue weighted by atomic mass is 10.0. The van der Waals surface area contributed by atoms with E-state index in [1.165, 1.54) is 0 Å². The molecule has 4 rings (SSSR count). The van der Waals surface area contributed by atoms with Gasteiger partial charge in [0.15, 0.2) is 5.78 Å². The zero-order valence-electron chi connectivity index (χ0n) is 20.0. The van der Waals surface area contributed by atoms with E-state index in [9.17, 15) is 9.59 Å². The summed E-state index contributed by atoms with van der Waals surface area (Å²) in [6.07, 6.45) is 0.366. The zero-order valence-corrected chi connectivity index (χ0v) is 20.0. The molecular formula is C27H30N4O3. The lowest BCUT2D eigenvalue weighted by Gasteiger charge is -2.35. The van der Waals surface area contributed by atoms with Gasteiger partial charge in [0, 0.05) is 50.7 Å². The Bertz CT molecular complexity index is 1170. The van der Waals surface area contributed by atoms with Crippen LogP contribution in [0.1, 0.15) is 34.6 Å². The second-order valence-electron chi connectivity index (χ2n) is 8.52. The highest BCUT2D eigenvalue weighted by molar-refractivity contribution is 6.00. The minimum Gasteiger partial charge on any atom is -0.496 e. The first-order chi connectivity index (χ1) is 16.4. The number of amides is 1. The Morgan fingerprint density at radius 2 is 1.65 bits per heavy atom. The summed E-state index contributed by atoms with van der Waals surface area (Å²) in [7, 11) is 1.55. The predicted octanol–water partition coefficient (Wildman–Crippen LogP) is 4.08. The molecule has 7 nitrogen and oxygen atoms in total. The maximum absolute atomic E-state index is 12.8. The number of hydrogen-bond acceptors (Lipinski definition) is 6. The van der Waals surface area contributed by atoms with Crippen LogP contribution in [0.15, 0.2) is 54.6 Å². The second-order valence-corrected chi connectivity index (χ2v) is 8.52. The third-order valence-electron chi connectivity index (χ3n) is 6.07. The summed E-state index contributed by atoms with van der Waals surface area (Å²) in [5, 5.41) is 0. The normalized spacial score (nSPS) is 13.6. The SMILES string of the molecule is COc1ccc(C)cc1C(=O)CCC(=O)N1CCN(c2cc(-c3ccccc3)nc(C)n2)CC1. The molecule has 2 aromatic carbocycles. The number of hydrogen-bond donors (Lipinski definition) is 0. The van der Waals surface area contributed by atoms with Crippen LogP contribution in [0.2, 0.25) is 0 Å². The monoisotopic (exact) mass is 458 g/mol. The summed E-state index contributed by atoms with van der Waals surface area (Å²) >= 11 is 0. The Balaban J connectivity index is 1.34. The molecule has 7 heteroatoms.